The molecule has 1 heterocycles. The first kappa shape index (κ1) is 16.1. The largest absolute Gasteiger partial charge is 0.479 e. The van der Waals surface area contributed by atoms with Gasteiger partial charge in [0.05, 0.1) is 0 Å². The van der Waals surface area contributed by atoms with Crippen molar-refractivity contribution in [2.75, 3.05) is 0 Å². The predicted octanol–water partition coefficient (Wildman–Crippen LogP) is 3.82. The zero-order valence-corrected chi connectivity index (χ0v) is 13.4. The molecule has 0 amide bonds. The molecule has 0 aliphatic rings. The van der Waals surface area contributed by atoms with Crippen molar-refractivity contribution in [3.05, 3.63) is 70.0 Å². The van der Waals surface area contributed by atoms with Gasteiger partial charge in [0, 0.05) is 22.5 Å². The molecular formula is C18H13ClO5. The number of carbonyl (C=O) groups is 1. The second-order valence-corrected chi connectivity index (χ2v) is 5.53. The monoisotopic (exact) mass is 344 g/mol. The maximum Gasteiger partial charge on any atom is 0.352 e. The summed E-state index contributed by atoms with van der Waals surface area (Å²) >= 11 is 5.80. The number of esters is 1. The molecule has 3 aromatic rings. The van der Waals surface area contributed by atoms with Crippen LogP contribution in [-0.4, -0.2) is 12.1 Å². The van der Waals surface area contributed by atoms with Crippen LogP contribution in [0.15, 0.2) is 63.8 Å². The summed E-state index contributed by atoms with van der Waals surface area (Å²) in [5, 5.41) is 1.31. The molecule has 0 saturated carbocycles. The van der Waals surface area contributed by atoms with Gasteiger partial charge < -0.3 is 13.9 Å². The molecule has 1 aromatic heterocycles. The third-order valence-electron chi connectivity index (χ3n) is 3.27. The van der Waals surface area contributed by atoms with Gasteiger partial charge >= 0.3 is 11.6 Å². The highest BCUT2D eigenvalue weighted by molar-refractivity contribution is 6.30. The molecule has 3 rings (SSSR count). The van der Waals surface area contributed by atoms with Gasteiger partial charge in [0.15, 0.2) is 6.10 Å². The van der Waals surface area contributed by atoms with Gasteiger partial charge in [-0.1, -0.05) is 11.6 Å². The van der Waals surface area contributed by atoms with Crippen molar-refractivity contribution in [3.63, 3.8) is 0 Å². The fraction of sp³-hybridized carbons (Fsp3) is 0.111. The van der Waals surface area contributed by atoms with Crippen LogP contribution in [0.25, 0.3) is 11.0 Å². The number of fused-ring (bicyclic) bond motifs is 1. The molecule has 24 heavy (non-hydrogen) atoms. The number of hydrogen-bond acceptors (Lipinski definition) is 5. The Labute approximate surface area is 142 Å². The van der Waals surface area contributed by atoms with E-state index in [1.807, 2.05) is 0 Å². The van der Waals surface area contributed by atoms with E-state index < -0.39 is 17.7 Å². The maximum absolute atomic E-state index is 12.1. The maximum atomic E-state index is 12.1. The molecule has 122 valence electrons. The molecule has 0 aliphatic heterocycles. The Bertz CT molecular complexity index is 930. The number of rotatable bonds is 4. The zero-order valence-electron chi connectivity index (χ0n) is 12.7. The van der Waals surface area contributed by atoms with Gasteiger partial charge in [0.2, 0.25) is 0 Å². The van der Waals surface area contributed by atoms with Gasteiger partial charge in [0.25, 0.3) is 0 Å². The molecule has 1 atom stereocenters. The van der Waals surface area contributed by atoms with Crippen LogP contribution in [-0.2, 0) is 4.79 Å². The molecule has 0 saturated heterocycles. The van der Waals surface area contributed by atoms with E-state index in [1.165, 1.54) is 12.1 Å². The Morgan fingerprint density at radius 2 is 1.71 bits per heavy atom. The zero-order chi connectivity index (χ0) is 17.1. The van der Waals surface area contributed by atoms with Crippen LogP contribution >= 0.6 is 11.6 Å². The average Bonchev–Trinajstić information content (AvgIpc) is 2.56. The number of ether oxygens (including phenoxy) is 2. The quantitative estimate of drug-likeness (QED) is 0.409. The summed E-state index contributed by atoms with van der Waals surface area (Å²) in [4.78, 5) is 23.4. The van der Waals surface area contributed by atoms with Crippen molar-refractivity contribution in [2.24, 2.45) is 0 Å². The summed E-state index contributed by atoms with van der Waals surface area (Å²) in [6.07, 6.45) is -0.815. The normalized spacial score (nSPS) is 11.9. The van der Waals surface area contributed by atoms with Crippen molar-refractivity contribution in [2.45, 2.75) is 13.0 Å². The van der Waals surface area contributed by atoms with Crippen LogP contribution in [0.4, 0.5) is 0 Å². The van der Waals surface area contributed by atoms with Gasteiger partial charge in [-0.15, -0.1) is 0 Å². The Hall–Kier alpha value is -2.79. The Morgan fingerprint density at radius 3 is 2.46 bits per heavy atom. The number of halogens is 1. The minimum atomic E-state index is -0.815. The van der Waals surface area contributed by atoms with Crippen LogP contribution in [0, 0.1) is 0 Å². The summed E-state index contributed by atoms with van der Waals surface area (Å²) in [6.45, 7) is 1.58. The summed E-state index contributed by atoms with van der Waals surface area (Å²) in [5.74, 6) is 0.212. The van der Waals surface area contributed by atoms with E-state index in [0.717, 1.165) is 5.39 Å². The summed E-state index contributed by atoms with van der Waals surface area (Å²) in [5.41, 5.74) is -0.121. The van der Waals surface area contributed by atoms with Gasteiger partial charge in [-0.2, -0.15) is 0 Å². The molecule has 0 unspecified atom stereocenters. The third-order valence-corrected chi connectivity index (χ3v) is 3.52. The minimum Gasteiger partial charge on any atom is -0.479 e. The lowest BCUT2D eigenvalue weighted by molar-refractivity contribution is -0.141. The molecule has 0 N–H and O–H groups in total. The van der Waals surface area contributed by atoms with E-state index in [9.17, 15) is 9.59 Å². The molecule has 0 fully saturated rings. The molecule has 0 aliphatic carbocycles. The molecule has 6 heteroatoms. The lowest BCUT2D eigenvalue weighted by Gasteiger charge is -2.14. The lowest BCUT2D eigenvalue weighted by atomic mass is 10.2. The molecule has 0 spiro atoms. The van der Waals surface area contributed by atoms with Crippen LogP contribution < -0.4 is 15.1 Å². The highest BCUT2D eigenvalue weighted by Gasteiger charge is 2.17. The number of benzene rings is 2. The molecule has 2 aromatic carbocycles. The first-order chi connectivity index (χ1) is 11.5. The Kier molecular flexibility index (Phi) is 4.53. The molecule has 0 bridgehead atoms. The first-order valence-corrected chi connectivity index (χ1v) is 7.57. The number of hydrogen-bond donors (Lipinski definition) is 0. The van der Waals surface area contributed by atoms with Crippen LogP contribution in [0.2, 0.25) is 5.02 Å². The molecular weight excluding hydrogens is 332 g/mol. The molecule has 5 nitrogen and oxygen atoms in total. The fourth-order valence-corrected chi connectivity index (χ4v) is 2.19. The van der Waals surface area contributed by atoms with Crippen molar-refractivity contribution in [3.8, 4) is 11.5 Å². The fourth-order valence-electron chi connectivity index (χ4n) is 2.07. The first-order valence-electron chi connectivity index (χ1n) is 7.19. The van der Waals surface area contributed by atoms with Crippen LogP contribution in [0.3, 0.4) is 0 Å². The standard InChI is InChI=1S/C18H13ClO5/c1-11(22-14-7-4-13(19)5-8-14)18(21)23-15-6-2-12-3-9-17(20)24-16(12)10-15/h2-11H,1H3/t11-/m0/s1. The van der Waals surface area contributed by atoms with Gasteiger partial charge in [-0.3, -0.25) is 0 Å². The van der Waals surface area contributed by atoms with Gasteiger partial charge in [-0.25, -0.2) is 9.59 Å². The van der Waals surface area contributed by atoms with Crippen molar-refractivity contribution in [1.82, 2.24) is 0 Å². The predicted molar refractivity (Wildman–Crippen MR) is 89.7 cm³/mol. The summed E-state index contributed by atoms with van der Waals surface area (Å²) in [6, 6.07) is 14.4. The second-order valence-electron chi connectivity index (χ2n) is 5.09. The highest BCUT2D eigenvalue weighted by atomic mass is 35.5. The van der Waals surface area contributed by atoms with Crippen LogP contribution in [0.5, 0.6) is 11.5 Å². The van der Waals surface area contributed by atoms with Crippen molar-refractivity contribution < 1.29 is 18.7 Å². The Balaban J connectivity index is 1.71. The van der Waals surface area contributed by atoms with Crippen LogP contribution in [0.1, 0.15) is 6.92 Å². The smallest absolute Gasteiger partial charge is 0.352 e. The van der Waals surface area contributed by atoms with E-state index >= 15 is 0 Å². The summed E-state index contributed by atoms with van der Waals surface area (Å²) < 4.78 is 15.8. The van der Waals surface area contributed by atoms with E-state index in [4.69, 9.17) is 25.5 Å². The van der Waals surface area contributed by atoms with Gasteiger partial charge in [-0.05, 0) is 49.4 Å². The van der Waals surface area contributed by atoms with E-state index in [1.54, 1.807) is 49.4 Å². The van der Waals surface area contributed by atoms with E-state index in [0.29, 0.717) is 16.4 Å². The van der Waals surface area contributed by atoms with Crippen molar-refractivity contribution in [1.29, 1.82) is 0 Å². The second kappa shape index (κ2) is 6.76. The average molecular weight is 345 g/mol. The minimum absolute atomic E-state index is 0.272. The number of carbonyl (C=O) groups excluding carboxylic acids is 1. The van der Waals surface area contributed by atoms with Crippen molar-refractivity contribution >= 4 is 28.5 Å². The van der Waals surface area contributed by atoms with E-state index in [2.05, 4.69) is 0 Å². The Morgan fingerprint density at radius 1 is 1.04 bits per heavy atom. The third kappa shape index (κ3) is 3.75. The topological polar surface area (TPSA) is 65.7 Å². The van der Waals surface area contributed by atoms with E-state index in [-0.39, 0.29) is 5.75 Å². The highest BCUT2D eigenvalue weighted by Crippen LogP contribution is 2.21. The van der Waals surface area contributed by atoms with Gasteiger partial charge in [0.1, 0.15) is 17.1 Å². The lowest BCUT2D eigenvalue weighted by Crippen LogP contribution is -2.28. The SMILES string of the molecule is C[C@H](Oc1ccc(Cl)cc1)C(=O)Oc1ccc2ccc(=O)oc2c1. The molecule has 0 radical (unpaired) electrons. The summed E-state index contributed by atoms with van der Waals surface area (Å²) in [7, 11) is 0.